The standard InChI is InChI=1S/C14H8Cl2F4O/c15-7-4-5-8(11(16)6-7)13(21)9-2-1-3-10(12(9)17)14(18,19)20/h1-6,13,21H. The van der Waals surface area contributed by atoms with E-state index in [0.29, 0.717) is 11.1 Å². The van der Waals surface area contributed by atoms with E-state index in [2.05, 4.69) is 0 Å². The lowest BCUT2D eigenvalue weighted by molar-refractivity contribution is -0.140. The number of hydrogen-bond donors (Lipinski definition) is 1. The summed E-state index contributed by atoms with van der Waals surface area (Å²) in [4.78, 5) is 0. The van der Waals surface area contributed by atoms with E-state index in [4.69, 9.17) is 23.2 Å². The lowest BCUT2D eigenvalue weighted by Crippen LogP contribution is -2.12. The first-order chi connectivity index (χ1) is 9.71. The van der Waals surface area contributed by atoms with Crippen LogP contribution in [-0.4, -0.2) is 5.11 Å². The molecule has 2 rings (SSSR count). The van der Waals surface area contributed by atoms with Crippen molar-refractivity contribution >= 4 is 23.2 Å². The molecule has 1 atom stereocenters. The molecular formula is C14H8Cl2F4O. The van der Waals surface area contributed by atoms with Gasteiger partial charge in [0.15, 0.2) is 0 Å². The number of alkyl halides is 3. The van der Waals surface area contributed by atoms with Gasteiger partial charge in [-0.15, -0.1) is 0 Å². The lowest BCUT2D eigenvalue weighted by Gasteiger charge is -2.17. The van der Waals surface area contributed by atoms with E-state index in [-0.39, 0.29) is 10.6 Å². The highest BCUT2D eigenvalue weighted by atomic mass is 35.5. The number of aliphatic hydroxyl groups excluding tert-OH is 1. The minimum Gasteiger partial charge on any atom is -0.383 e. The maximum absolute atomic E-state index is 14.0. The van der Waals surface area contributed by atoms with Crippen molar-refractivity contribution in [3.05, 3.63) is 69.0 Å². The topological polar surface area (TPSA) is 20.2 Å². The van der Waals surface area contributed by atoms with Crippen molar-refractivity contribution in [3.63, 3.8) is 0 Å². The first-order valence-corrected chi connectivity index (χ1v) is 6.46. The molecule has 0 aromatic heterocycles. The second-order valence-electron chi connectivity index (χ2n) is 4.27. The van der Waals surface area contributed by atoms with Crippen LogP contribution in [0.4, 0.5) is 17.6 Å². The number of benzene rings is 2. The zero-order valence-corrected chi connectivity index (χ0v) is 11.8. The van der Waals surface area contributed by atoms with Crippen LogP contribution >= 0.6 is 23.2 Å². The van der Waals surface area contributed by atoms with Gasteiger partial charge in [-0.25, -0.2) is 4.39 Å². The Balaban J connectivity index is 2.51. The van der Waals surface area contributed by atoms with Crippen LogP contribution in [-0.2, 0) is 6.18 Å². The summed E-state index contributed by atoms with van der Waals surface area (Å²) < 4.78 is 52.0. The molecule has 0 saturated carbocycles. The Bertz CT molecular complexity index is 671. The second kappa shape index (κ2) is 5.83. The number of halogens is 6. The fraction of sp³-hybridized carbons (Fsp3) is 0.143. The van der Waals surface area contributed by atoms with Crippen molar-refractivity contribution in [3.8, 4) is 0 Å². The number of rotatable bonds is 2. The first-order valence-electron chi connectivity index (χ1n) is 5.70. The average molecular weight is 339 g/mol. The van der Waals surface area contributed by atoms with Crippen LogP contribution in [0.25, 0.3) is 0 Å². The van der Waals surface area contributed by atoms with Crippen molar-refractivity contribution in [2.45, 2.75) is 12.3 Å². The molecule has 0 saturated heterocycles. The molecule has 1 nitrogen and oxygen atoms in total. The summed E-state index contributed by atoms with van der Waals surface area (Å²) in [5.41, 5.74) is -1.88. The van der Waals surface area contributed by atoms with Crippen LogP contribution in [0, 0.1) is 5.82 Å². The zero-order valence-electron chi connectivity index (χ0n) is 10.3. The van der Waals surface area contributed by atoms with Gasteiger partial charge in [0.05, 0.1) is 5.56 Å². The Morgan fingerprint density at radius 1 is 1.00 bits per heavy atom. The van der Waals surface area contributed by atoms with E-state index in [1.54, 1.807) is 0 Å². The van der Waals surface area contributed by atoms with E-state index < -0.39 is 29.2 Å². The van der Waals surface area contributed by atoms with Crippen molar-refractivity contribution < 1.29 is 22.7 Å². The van der Waals surface area contributed by atoms with Crippen LogP contribution in [0.5, 0.6) is 0 Å². The Labute approximate surface area is 127 Å². The molecule has 1 N–H and O–H groups in total. The quantitative estimate of drug-likeness (QED) is 0.743. The Hall–Kier alpha value is -1.30. The molecule has 112 valence electrons. The van der Waals surface area contributed by atoms with Gasteiger partial charge in [0.1, 0.15) is 11.9 Å². The molecule has 2 aromatic carbocycles. The van der Waals surface area contributed by atoms with E-state index >= 15 is 0 Å². The third-order valence-corrected chi connectivity index (χ3v) is 3.45. The van der Waals surface area contributed by atoms with Gasteiger partial charge in [0, 0.05) is 21.2 Å². The van der Waals surface area contributed by atoms with Crippen LogP contribution in [0.3, 0.4) is 0 Å². The van der Waals surface area contributed by atoms with Gasteiger partial charge in [-0.3, -0.25) is 0 Å². The maximum Gasteiger partial charge on any atom is 0.419 e. The van der Waals surface area contributed by atoms with Gasteiger partial charge in [-0.2, -0.15) is 13.2 Å². The van der Waals surface area contributed by atoms with Gasteiger partial charge in [-0.05, 0) is 18.2 Å². The minimum atomic E-state index is -4.84. The van der Waals surface area contributed by atoms with E-state index in [1.807, 2.05) is 0 Å². The summed E-state index contributed by atoms with van der Waals surface area (Å²) in [6.45, 7) is 0. The average Bonchev–Trinajstić information content (AvgIpc) is 2.37. The summed E-state index contributed by atoms with van der Waals surface area (Å²) in [7, 11) is 0. The third kappa shape index (κ3) is 3.31. The van der Waals surface area contributed by atoms with Crippen LogP contribution < -0.4 is 0 Å². The molecule has 0 radical (unpaired) electrons. The van der Waals surface area contributed by atoms with Crippen LogP contribution in [0.15, 0.2) is 36.4 Å². The SMILES string of the molecule is OC(c1ccc(Cl)cc1Cl)c1cccc(C(F)(F)F)c1F. The minimum absolute atomic E-state index is 0.0341. The highest BCUT2D eigenvalue weighted by Crippen LogP contribution is 2.37. The Kier molecular flexibility index (Phi) is 4.46. The molecule has 0 aliphatic heterocycles. The summed E-state index contributed by atoms with van der Waals surface area (Å²) in [5, 5.41) is 10.4. The van der Waals surface area contributed by atoms with E-state index in [9.17, 15) is 22.7 Å². The Morgan fingerprint density at radius 2 is 1.67 bits per heavy atom. The predicted octanol–water partition coefficient (Wildman–Crippen LogP) is 5.23. The smallest absolute Gasteiger partial charge is 0.383 e. The fourth-order valence-electron chi connectivity index (χ4n) is 1.87. The van der Waals surface area contributed by atoms with Gasteiger partial charge in [0.25, 0.3) is 0 Å². The first kappa shape index (κ1) is 16.1. The molecule has 0 heterocycles. The highest BCUT2D eigenvalue weighted by Gasteiger charge is 2.35. The fourth-order valence-corrected chi connectivity index (χ4v) is 2.38. The van der Waals surface area contributed by atoms with Crippen molar-refractivity contribution in [1.29, 1.82) is 0 Å². The van der Waals surface area contributed by atoms with Crippen LogP contribution in [0.2, 0.25) is 10.0 Å². The summed E-state index contributed by atoms with van der Waals surface area (Å²) in [6.07, 6.45) is -6.47. The number of aliphatic hydroxyl groups is 1. The monoisotopic (exact) mass is 338 g/mol. The molecule has 7 heteroatoms. The molecule has 1 unspecified atom stereocenters. The van der Waals surface area contributed by atoms with E-state index in [0.717, 1.165) is 12.1 Å². The van der Waals surface area contributed by atoms with E-state index in [1.165, 1.54) is 18.2 Å². The largest absolute Gasteiger partial charge is 0.419 e. The Morgan fingerprint density at radius 3 is 2.24 bits per heavy atom. The molecule has 0 fully saturated rings. The van der Waals surface area contributed by atoms with Crippen molar-refractivity contribution in [2.24, 2.45) is 0 Å². The second-order valence-corrected chi connectivity index (χ2v) is 5.12. The third-order valence-electron chi connectivity index (χ3n) is 2.89. The summed E-state index contributed by atoms with van der Waals surface area (Å²) in [6, 6.07) is 6.74. The molecule has 0 aliphatic rings. The molecule has 0 spiro atoms. The summed E-state index contributed by atoms with van der Waals surface area (Å²) >= 11 is 11.6. The highest BCUT2D eigenvalue weighted by molar-refractivity contribution is 6.35. The van der Waals surface area contributed by atoms with Crippen LogP contribution in [0.1, 0.15) is 22.8 Å². The summed E-state index contributed by atoms with van der Waals surface area (Å²) in [5.74, 6) is -1.52. The molecule has 21 heavy (non-hydrogen) atoms. The molecular weight excluding hydrogens is 331 g/mol. The predicted molar refractivity (Wildman–Crippen MR) is 71.9 cm³/mol. The molecule has 0 aliphatic carbocycles. The van der Waals surface area contributed by atoms with Gasteiger partial charge < -0.3 is 5.11 Å². The normalized spacial score (nSPS) is 13.3. The lowest BCUT2D eigenvalue weighted by atomic mass is 9.98. The van der Waals surface area contributed by atoms with Gasteiger partial charge in [0.2, 0.25) is 0 Å². The molecule has 0 bridgehead atoms. The van der Waals surface area contributed by atoms with Crippen molar-refractivity contribution in [1.82, 2.24) is 0 Å². The number of hydrogen-bond acceptors (Lipinski definition) is 1. The zero-order chi connectivity index (χ0) is 15.8. The van der Waals surface area contributed by atoms with Crippen molar-refractivity contribution in [2.75, 3.05) is 0 Å². The molecule has 2 aromatic rings. The maximum atomic E-state index is 14.0. The molecule has 0 amide bonds. The van der Waals surface area contributed by atoms with Gasteiger partial charge in [-0.1, -0.05) is 41.4 Å². The van der Waals surface area contributed by atoms with Gasteiger partial charge >= 0.3 is 6.18 Å².